The normalized spacial score (nSPS) is 32.7. The van der Waals surface area contributed by atoms with E-state index in [1.165, 1.54) is 11.1 Å². The fourth-order valence-corrected chi connectivity index (χ4v) is 3.86. The maximum Gasteiger partial charge on any atom is 0.233 e. The zero-order valence-corrected chi connectivity index (χ0v) is 10.7. The summed E-state index contributed by atoms with van der Waals surface area (Å²) >= 11 is 6.22. The molecule has 4 heterocycles. The predicted octanol–water partition coefficient (Wildman–Crippen LogP) is 2.82. The number of halogens is 1. The van der Waals surface area contributed by atoms with E-state index in [-0.39, 0.29) is 24.2 Å². The second-order valence-corrected chi connectivity index (χ2v) is 5.69. The number of pyridine rings is 1. The number of benzene rings is 1. The van der Waals surface area contributed by atoms with Gasteiger partial charge >= 0.3 is 0 Å². The Kier molecular flexibility index (Phi) is 1.78. The van der Waals surface area contributed by atoms with Gasteiger partial charge in [0, 0.05) is 6.07 Å². The Morgan fingerprint density at radius 3 is 2.68 bits per heavy atom. The minimum absolute atomic E-state index is 0.0306. The van der Waals surface area contributed by atoms with Gasteiger partial charge in [-0.1, -0.05) is 35.9 Å². The van der Waals surface area contributed by atoms with Crippen molar-refractivity contribution < 1.29 is 14.5 Å². The highest BCUT2D eigenvalue weighted by molar-refractivity contribution is 6.32. The minimum Gasteiger partial charge on any atom is -0.479 e. The van der Waals surface area contributed by atoms with Gasteiger partial charge < -0.3 is 9.47 Å². The average Bonchev–Trinajstić information content (AvgIpc) is 3.07. The van der Waals surface area contributed by atoms with E-state index in [0.29, 0.717) is 5.02 Å². The molecule has 1 N–H and O–H groups in total. The molecule has 1 aromatic heterocycles. The molecule has 94 valence electrons. The maximum absolute atomic E-state index is 6.22. The SMILES string of the molecule is Clc1cc[nH+]c2c1O[C@@H]1[C@H]2[C@@H]2O[C@H]1c1ccccc12. The fourth-order valence-electron chi connectivity index (χ4n) is 3.66. The number of hydrogen-bond acceptors (Lipinski definition) is 2. The molecule has 0 radical (unpaired) electrons. The standard InChI is InChI=1S/C15H10ClNO2/c16-9-5-6-17-11-10-12-7-3-1-2-4-8(7)13(18-12)15(10)19-14(9)11/h1-6,10,12-13,15H/p+1/t10-,12-,13+,15-/m1/s1. The van der Waals surface area contributed by atoms with Crippen molar-refractivity contribution in [3.05, 3.63) is 58.4 Å². The van der Waals surface area contributed by atoms with E-state index in [1.54, 1.807) is 0 Å². The summed E-state index contributed by atoms with van der Waals surface area (Å²) in [5, 5.41) is 0.673. The van der Waals surface area contributed by atoms with E-state index in [4.69, 9.17) is 21.1 Å². The van der Waals surface area contributed by atoms with Crippen LogP contribution in [0.2, 0.25) is 5.02 Å². The smallest absolute Gasteiger partial charge is 0.233 e. The molecule has 2 bridgehead atoms. The summed E-state index contributed by atoms with van der Waals surface area (Å²) in [7, 11) is 0. The number of aromatic nitrogens is 1. The molecule has 5 rings (SSSR count). The van der Waals surface area contributed by atoms with Crippen LogP contribution in [0.1, 0.15) is 34.9 Å². The fraction of sp³-hybridized carbons (Fsp3) is 0.267. The van der Waals surface area contributed by atoms with Gasteiger partial charge in [-0.15, -0.1) is 0 Å². The molecular weight excluding hydrogens is 262 g/mol. The highest BCUT2D eigenvalue weighted by Gasteiger charge is 2.61. The van der Waals surface area contributed by atoms with Gasteiger partial charge in [-0.25, -0.2) is 4.98 Å². The van der Waals surface area contributed by atoms with Crippen LogP contribution in [0.5, 0.6) is 5.75 Å². The zero-order chi connectivity index (χ0) is 12.6. The van der Waals surface area contributed by atoms with Crippen molar-refractivity contribution in [2.24, 2.45) is 0 Å². The molecular formula is C15H11ClNO2+. The van der Waals surface area contributed by atoms with E-state index in [9.17, 15) is 0 Å². The second kappa shape index (κ2) is 3.30. The Morgan fingerprint density at radius 1 is 1.05 bits per heavy atom. The first-order valence-electron chi connectivity index (χ1n) is 6.45. The summed E-state index contributed by atoms with van der Waals surface area (Å²) in [4.78, 5) is 3.29. The van der Waals surface area contributed by atoms with Gasteiger partial charge in [-0.2, -0.15) is 0 Å². The topological polar surface area (TPSA) is 32.6 Å². The Bertz CT molecular complexity index is 702. The predicted molar refractivity (Wildman–Crippen MR) is 68.2 cm³/mol. The van der Waals surface area contributed by atoms with Crippen molar-refractivity contribution in [1.82, 2.24) is 0 Å². The Labute approximate surface area is 115 Å². The van der Waals surface area contributed by atoms with E-state index in [0.717, 1.165) is 11.4 Å². The molecule has 1 saturated heterocycles. The van der Waals surface area contributed by atoms with Gasteiger partial charge in [0.1, 0.15) is 24.2 Å². The number of H-pyrrole nitrogens is 1. The minimum atomic E-state index is 0.0306. The highest BCUT2D eigenvalue weighted by atomic mass is 35.5. The summed E-state index contributed by atoms with van der Waals surface area (Å²) in [5.41, 5.74) is 3.62. The van der Waals surface area contributed by atoms with Gasteiger partial charge in [0.25, 0.3) is 0 Å². The van der Waals surface area contributed by atoms with Crippen LogP contribution in [0.15, 0.2) is 36.5 Å². The Balaban J connectivity index is 1.71. The molecule has 0 saturated carbocycles. The molecule has 0 aliphatic carbocycles. The summed E-state index contributed by atoms with van der Waals surface area (Å²) in [6.07, 6.45) is 2.03. The van der Waals surface area contributed by atoms with Crippen molar-refractivity contribution in [2.45, 2.75) is 24.2 Å². The zero-order valence-electron chi connectivity index (χ0n) is 9.97. The number of rotatable bonds is 0. The van der Waals surface area contributed by atoms with E-state index in [2.05, 4.69) is 29.2 Å². The molecule has 1 aromatic carbocycles. The van der Waals surface area contributed by atoms with Crippen LogP contribution in [0.3, 0.4) is 0 Å². The first-order valence-corrected chi connectivity index (χ1v) is 6.83. The molecule has 4 atom stereocenters. The lowest BCUT2D eigenvalue weighted by Gasteiger charge is -2.20. The molecule has 3 aliphatic rings. The van der Waals surface area contributed by atoms with Crippen molar-refractivity contribution >= 4 is 11.6 Å². The third kappa shape index (κ3) is 1.11. The number of aromatic amines is 1. The van der Waals surface area contributed by atoms with Gasteiger partial charge in [-0.05, 0) is 11.1 Å². The van der Waals surface area contributed by atoms with Crippen LogP contribution in [-0.4, -0.2) is 6.10 Å². The van der Waals surface area contributed by atoms with Crippen molar-refractivity contribution in [2.75, 3.05) is 0 Å². The molecule has 1 fully saturated rings. The van der Waals surface area contributed by atoms with Crippen LogP contribution in [0.25, 0.3) is 0 Å². The van der Waals surface area contributed by atoms with Gasteiger partial charge in [0.2, 0.25) is 11.4 Å². The molecule has 3 nitrogen and oxygen atoms in total. The van der Waals surface area contributed by atoms with Gasteiger partial charge in [-0.3, -0.25) is 0 Å². The largest absolute Gasteiger partial charge is 0.479 e. The van der Waals surface area contributed by atoms with Crippen LogP contribution in [-0.2, 0) is 4.74 Å². The van der Waals surface area contributed by atoms with Crippen molar-refractivity contribution in [3.63, 3.8) is 0 Å². The van der Waals surface area contributed by atoms with Crippen molar-refractivity contribution in [3.8, 4) is 5.75 Å². The first-order chi connectivity index (χ1) is 9.34. The summed E-state index contributed by atoms with van der Waals surface area (Å²) in [6.45, 7) is 0. The lowest BCUT2D eigenvalue weighted by molar-refractivity contribution is -0.392. The lowest BCUT2D eigenvalue weighted by atomic mass is 9.81. The maximum atomic E-state index is 6.22. The summed E-state index contributed by atoms with van der Waals surface area (Å²) in [5.74, 6) is 1.03. The molecule has 2 aromatic rings. The third-order valence-electron chi connectivity index (χ3n) is 4.40. The Morgan fingerprint density at radius 2 is 1.84 bits per heavy atom. The van der Waals surface area contributed by atoms with Gasteiger partial charge in [0.05, 0.1) is 5.02 Å². The monoisotopic (exact) mass is 272 g/mol. The molecule has 19 heavy (non-hydrogen) atoms. The van der Waals surface area contributed by atoms with Gasteiger partial charge in [0.15, 0.2) is 6.20 Å². The van der Waals surface area contributed by atoms with Crippen LogP contribution in [0, 0.1) is 0 Å². The molecule has 3 aliphatic heterocycles. The molecule has 4 heteroatoms. The molecule has 0 unspecified atom stereocenters. The van der Waals surface area contributed by atoms with Crippen LogP contribution in [0.4, 0.5) is 0 Å². The van der Waals surface area contributed by atoms with Crippen molar-refractivity contribution in [1.29, 1.82) is 0 Å². The third-order valence-corrected chi connectivity index (χ3v) is 4.70. The van der Waals surface area contributed by atoms with E-state index < -0.39 is 0 Å². The van der Waals surface area contributed by atoms with Crippen LogP contribution >= 0.6 is 11.6 Å². The lowest BCUT2D eigenvalue weighted by Crippen LogP contribution is -2.27. The van der Waals surface area contributed by atoms with E-state index >= 15 is 0 Å². The molecule has 0 spiro atoms. The number of ether oxygens (including phenoxy) is 2. The van der Waals surface area contributed by atoms with Crippen LogP contribution < -0.4 is 9.72 Å². The number of fused-ring (bicyclic) bond motifs is 10. The number of nitrogens with one attached hydrogen (secondary N) is 1. The highest BCUT2D eigenvalue weighted by Crippen LogP contribution is 2.62. The molecule has 0 amide bonds. The summed E-state index contributed by atoms with van der Waals surface area (Å²) < 4.78 is 12.2. The quantitative estimate of drug-likeness (QED) is 0.739. The second-order valence-electron chi connectivity index (χ2n) is 5.28. The first kappa shape index (κ1) is 10.2. The summed E-state index contributed by atoms with van der Waals surface area (Å²) in [6, 6.07) is 10.2. The Hall–Kier alpha value is -1.58. The number of hydrogen-bond donors (Lipinski definition) is 0. The average molecular weight is 273 g/mol. The van der Waals surface area contributed by atoms with E-state index in [1.807, 2.05) is 12.3 Å².